The van der Waals surface area contributed by atoms with Crippen LogP contribution in [0.2, 0.25) is 0 Å². The molecule has 0 atom stereocenters. The fourth-order valence-electron chi connectivity index (χ4n) is 3.68. The number of nitrogens with zero attached hydrogens (tertiary/aromatic N) is 1. The fraction of sp³-hybridized carbons (Fsp3) is 0.611. The SMILES string of the molecule is O=C(NCc1ccccc1)C1(F)CCN(C2CCCC2)CC1. The molecular weight excluding hydrogens is 279 g/mol. The molecule has 1 aliphatic heterocycles. The third kappa shape index (κ3) is 3.49. The van der Waals surface area contributed by atoms with E-state index in [2.05, 4.69) is 10.2 Å². The normalized spacial score (nSPS) is 22.6. The highest BCUT2D eigenvalue weighted by molar-refractivity contribution is 5.85. The number of carbonyl (C=O) groups excluding carboxylic acids is 1. The molecule has 120 valence electrons. The van der Waals surface area contributed by atoms with Gasteiger partial charge in [0.2, 0.25) is 0 Å². The van der Waals surface area contributed by atoms with Crippen LogP contribution in [0.4, 0.5) is 4.39 Å². The van der Waals surface area contributed by atoms with Gasteiger partial charge in [-0.2, -0.15) is 0 Å². The van der Waals surface area contributed by atoms with Crippen molar-refractivity contribution in [3.63, 3.8) is 0 Å². The fourth-order valence-corrected chi connectivity index (χ4v) is 3.68. The number of alkyl halides is 1. The van der Waals surface area contributed by atoms with Crippen LogP contribution in [0.5, 0.6) is 0 Å². The van der Waals surface area contributed by atoms with Crippen molar-refractivity contribution in [2.24, 2.45) is 0 Å². The smallest absolute Gasteiger partial charge is 0.258 e. The van der Waals surface area contributed by atoms with Gasteiger partial charge in [-0.05, 0) is 18.4 Å². The van der Waals surface area contributed by atoms with Crippen LogP contribution in [0.25, 0.3) is 0 Å². The van der Waals surface area contributed by atoms with E-state index < -0.39 is 11.6 Å². The van der Waals surface area contributed by atoms with E-state index in [0.717, 1.165) is 5.56 Å². The van der Waals surface area contributed by atoms with Crippen LogP contribution in [0.15, 0.2) is 30.3 Å². The molecule has 1 N–H and O–H groups in total. The standard InChI is InChI=1S/C18H25FN2O/c19-18(17(22)20-14-15-6-2-1-3-7-15)10-12-21(13-11-18)16-8-4-5-9-16/h1-3,6-7,16H,4-5,8-14H2,(H,20,22). The van der Waals surface area contributed by atoms with Crippen molar-refractivity contribution in [2.45, 2.75) is 56.8 Å². The highest BCUT2D eigenvalue weighted by atomic mass is 19.1. The number of piperidine rings is 1. The summed E-state index contributed by atoms with van der Waals surface area (Å²) in [6, 6.07) is 10.3. The highest BCUT2D eigenvalue weighted by Gasteiger charge is 2.42. The minimum absolute atomic E-state index is 0.324. The molecule has 0 radical (unpaired) electrons. The zero-order valence-corrected chi connectivity index (χ0v) is 13.1. The first-order valence-electron chi connectivity index (χ1n) is 8.43. The molecule has 0 spiro atoms. The van der Waals surface area contributed by atoms with E-state index in [1.807, 2.05) is 30.3 Å². The van der Waals surface area contributed by atoms with E-state index in [9.17, 15) is 9.18 Å². The third-order valence-corrected chi connectivity index (χ3v) is 5.13. The average Bonchev–Trinajstić information content (AvgIpc) is 3.08. The molecular formula is C18H25FN2O. The van der Waals surface area contributed by atoms with Gasteiger partial charge in [-0.25, -0.2) is 4.39 Å². The third-order valence-electron chi connectivity index (χ3n) is 5.13. The monoisotopic (exact) mass is 304 g/mol. The molecule has 0 unspecified atom stereocenters. The maximum atomic E-state index is 14.9. The summed E-state index contributed by atoms with van der Waals surface area (Å²) in [5.41, 5.74) is -0.688. The van der Waals surface area contributed by atoms with Gasteiger partial charge in [-0.15, -0.1) is 0 Å². The number of hydrogen-bond acceptors (Lipinski definition) is 2. The molecule has 2 fully saturated rings. The molecule has 1 amide bonds. The Hall–Kier alpha value is -1.42. The Morgan fingerprint density at radius 2 is 1.82 bits per heavy atom. The second-order valence-corrected chi connectivity index (χ2v) is 6.61. The van der Waals surface area contributed by atoms with Gasteiger partial charge in [0.15, 0.2) is 5.67 Å². The van der Waals surface area contributed by atoms with Crippen LogP contribution >= 0.6 is 0 Å². The van der Waals surface area contributed by atoms with Gasteiger partial charge in [-0.3, -0.25) is 4.79 Å². The molecule has 1 heterocycles. The lowest BCUT2D eigenvalue weighted by Crippen LogP contribution is -2.52. The number of carbonyl (C=O) groups is 1. The van der Waals surface area contributed by atoms with Crippen molar-refractivity contribution >= 4 is 5.91 Å². The lowest BCUT2D eigenvalue weighted by Gasteiger charge is -2.38. The summed E-state index contributed by atoms with van der Waals surface area (Å²) in [7, 11) is 0. The van der Waals surface area contributed by atoms with Crippen molar-refractivity contribution in [3.05, 3.63) is 35.9 Å². The molecule has 0 bridgehead atoms. The summed E-state index contributed by atoms with van der Waals surface area (Å²) in [4.78, 5) is 14.6. The van der Waals surface area contributed by atoms with Crippen LogP contribution in [0, 0.1) is 0 Å². The summed E-state index contributed by atoms with van der Waals surface area (Å²) in [6.45, 7) is 1.82. The Labute approximate surface area is 131 Å². The molecule has 1 saturated heterocycles. The topological polar surface area (TPSA) is 32.3 Å². The summed E-state index contributed by atoms with van der Waals surface area (Å²) in [5.74, 6) is -0.442. The number of amides is 1. The Bertz CT molecular complexity index is 491. The van der Waals surface area contributed by atoms with Crippen LogP contribution < -0.4 is 5.32 Å². The lowest BCUT2D eigenvalue weighted by molar-refractivity contribution is -0.136. The predicted molar refractivity (Wildman–Crippen MR) is 85.2 cm³/mol. The number of hydrogen-bond donors (Lipinski definition) is 1. The molecule has 1 aromatic carbocycles. The second kappa shape index (κ2) is 6.78. The van der Waals surface area contributed by atoms with Crippen LogP contribution in [-0.2, 0) is 11.3 Å². The molecule has 2 aliphatic rings. The molecule has 3 rings (SSSR count). The molecule has 4 heteroatoms. The van der Waals surface area contributed by atoms with Gasteiger partial charge < -0.3 is 10.2 Å². The van der Waals surface area contributed by atoms with Crippen LogP contribution in [-0.4, -0.2) is 35.6 Å². The molecule has 22 heavy (non-hydrogen) atoms. The van der Waals surface area contributed by atoms with Crippen LogP contribution in [0.1, 0.15) is 44.1 Å². The van der Waals surface area contributed by atoms with Gasteiger partial charge in [0.25, 0.3) is 5.91 Å². The molecule has 3 nitrogen and oxygen atoms in total. The Morgan fingerprint density at radius 1 is 1.18 bits per heavy atom. The maximum absolute atomic E-state index is 14.9. The summed E-state index contributed by atoms with van der Waals surface area (Å²) < 4.78 is 14.9. The zero-order valence-electron chi connectivity index (χ0n) is 13.1. The van der Waals surface area contributed by atoms with E-state index >= 15 is 0 Å². The first-order valence-corrected chi connectivity index (χ1v) is 8.43. The number of halogens is 1. The van der Waals surface area contributed by atoms with Gasteiger partial charge in [-0.1, -0.05) is 43.2 Å². The lowest BCUT2D eigenvalue weighted by atomic mass is 9.91. The largest absolute Gasteiger partial charge is 0.349 e. The number of likely N-dealkylation sites (tertiary alicyclic amines) is 1. The number of rotatable bonds is 4. The van der Waals surface area contributed by atoms with Crippen molar-refractivity contribution in [2.75, 3.05) is 13.1 Å². The van der Waals surface area contributed by atoms with E-state index in [1.165, 1.54) is 25.7 Å². The van der Waals surface area contributed by atoms with Crippen molar-refractivity contribution in [3.8, 4) is 0 Å². The maximum Gasteiger partial charge on any atom is 0.258 e. The molecule has 1 aliphatic carbocycles. The van der Waals surface area contributed by atoms with Gasteiger partial charge in [0.05, 0.1) is 0 Å². The zero-order chi connectivity index (χ0) is 15.4. The van der Waals surface area contributed by atoms with Crippen LogP contribution in [0.3, 0.4) is 0 Å². The molecule has 1 aromatic rings. The minimum Gasteiger partial charge on any atom is -0.349 e. The Balaban J connectivity index is 1.50. The van der Waals surface area contributed by atoms with E-state index in [-0.39, 0.29) is 0 Å². The van der Waals surface area contributed by atoms with Crippen molar-refractivity contribution in [1.29, 1.82) is 0 Å². The summed E-state index contributed by atoms with van der Waals surface area (Å²) >= 11 is 0. The van der Waals surface area contributed by atoms with E-state index in [4.69, 9.17) is 0 Å². The van der Waals surface area contributed by atoms with Crippen molar-refractivity contribution in [1.82, 2.24) is 10.2 Å². The first-order chi connectivity index (χ1) is 10.7. The van der Waals surface area contributed by atoms with E-state index in [1.54, 1.807) is 0 Å². The summed E-state index contributed by atoms with van der Waals surface area (Å²) in [6.07, 6.45) is 5.70. The van der Waals surface area contributed by atoms with Gasteiger partial charge in [0, 0.05) is 38.5 Å². The Kier molecular flexibility index (Phi) is 4.77. The van der Waals surface area contributed by atoms with Gasteiger partial charge >= 0.3 is 0 Å². The Morgan fingerprint density at radius 3 is 2.45 bits per heavy atom. The van der Waals surface area contributed by atoms with Gasteiger partial charge in [0.1, 0.15) is 0 Å². The summed E-state index contributed by atoms with van der Waals surface area (Å²) in [5, 5.41) is 2.76. The number of nitrogens with one attached hydrogen (secondary N) is 1. The highest BCUT2D eigenvalue weighted by Crippen LogP contribution is 2.32. The van der Waals surface area contributed by atoms with E-state index in [0.29, 0.717) is 38.5 Å². The average molecular weight is 304 g/mol. The molecule has 0 aromatic heterocycles. The molecule has 1 saturated carbocycles. The van der Waals surface area contributed by atoms with Crippen molar-refractivity contribution < 1.29 is 9.18 Å². The predicted octanol–water partition coefficient (Wildman–Crippen LogP) is 3.05. The second-order valence-electron chi connectivity index (χ2n) is 6.61. The quantitative estimate of drug-likeness (QED) is 0.927. The number of benzene rings is 1. The minimum atomic E-state index is -1.69. The first kappa shape index (κ1) is 15.5.